The van der Waals surface area contributed by atoms with Crippen molar-refractivity contribution in [1.82, 2.24) is 14.5 Å². The molecule has 0 bridgehead atoms. The molecular weight excluding hydrogens is 212 g/mol. The molecule has 0 saturated heterocycles. The van der Waals surface area contributed by atoms with E-state index in [9.17, 15) is 0 Å². The number of rotatable bonds is 1. The maximum atomic E-state index is 6.00. The van der Waals surface area contributed by atoms with Gasteiger partial charge in [-0.2, -0.15) is 0 Å². The second kappa shape index (κ2) is 3.87. The van der Waals surface area contributed by atoms with Crippen molar-refractivity contribution in [2.45, 2.75) is 32.6 Å². The van der Waals surface area contributed by atoms with Crippen LogP contribution in [-0.4, -0.2) is 14.5 Å². The number of aryl methyl sites for hydroxylation is 2. The fraction of sp³-hybridized carbons (Fsp3) is 0.385. The average Bonchev–Trinajstić information content (AvgIpc) is 2.76. The van der Waals surface area contributed by atoms with Crippen LogP contribution in [0, 0.1) is 6.92 Å². The van der Waals surface area contributed by atoms with Crippen molar-refractivity contribution >= 4 is 5.69 Å². The number of nitrogens with two attached hydrogens (primary N) is 1. The highest BCUT2D eigenvalue weighted by molar-refractivity contribution is 5.54. The highest BCUT2D eigenvalue weighted by atomic mass is 15.1. The molecule has 2 N–H and O–H groups in total. The van der Waals surface area contributed by atoms with E-state index in [2.05, 4.69) is 14.5 Å². The molecule has 3 rings (SSSR count). The summed E-state index contributed by atoms with van der Waals surface area (Å²) in [4.78, 5) is 8.99. The first-order valence-corrected chi connectivity index (χ1v) is 6.04. The zero-order valence-electron chi connectivity index (χ0n) is 9.98. The van der Waals surface area contributed by atoms with Gasteiger partial charge in [0, 0.05) is 11.4 Å². The van der Waals surface area contributed by atoms with Crippen LogP contribution in [0.2, 0.25) is 0 Å². The number of imidazole rings is 1. The Balaban J connectivity index is 2.15. The molecule has 2 heterocycles. The molecule has 0 spiro atoms. The maximum Gasteiger partial charge on any atom is 0.161 e. The van der Waals surface area contributed by atoms with Crippen LogP contribution in [0.25, 0.3) is 5.82 Å². The number of hydrogen-bond acceptors (Lipinski definition) is 3. The van der Waals surface area contributed by atoms with Crippen molar-refractivity contribution in [3.8, 4) is 5.82 Å². The Hall–Kier alpha value is -1.84. The van der Waals surface area contributed by atoms with Crippen molar-refractivity contribution in [1.29, 1.82) is 0 Å². The largest absolute Gasteiger partial charge is 0.396 e. The molecule has 2 aromatic rings. The number of nitrogens with zero attached hydrogens (tertiary/aromatic N) is 3. The van der Waals surface area contributed by atoms with Gasteiger partial charge in [0.15, 0.2) is 5.82 Å². The second-order valence-corrected chi connectivity index (χ2v) is 4.58. The summed E-state index contributed by atoms with van der Waals surface area (Å²) >= 11 is 0. The van der Waals surface area contributed by atoms with Crippen molar-refractivity contribution in [3.63, 3.8) is 0 Å². The quantitative estimate of drug-likeness (QED) is 0.812. The van der Waals surface area contributed by atoms with Gasteiger partial charge in [0.1, 0.15) is 6.33 Å². The van der Waals surface area contributed by atoms with Gasteiger partial charge < -0.3 is 5.73 Å². The normalized spacial score (nSPS) is 14.6. The van der Waals surface area contributed by atoms with Crippen LogP contribution in [0.5, 0.6) is 0 Å². The third kappa shape index (κ3) is 1.69. The molecule has 4 heteroatoms. The van der Waals surface area contributed by atoms with E-state index >= 15 is 0 Å². The first-order chi connectivity index (χ1) is 8.25. The monoisotopic (exact) mass is 228 g/mol. The molecule has 0 saturated carbocycles. The Labute approximate surface area is 101 Å². The van der Waals surface area contributed by atoms with E-state index in [4.69, 9.17) is 5.73 Å². The van der Waals surface area contributed by atoms with Gasteiger partial charge in [-0.15, -0.1) is 0 Å². The summed E-state index contributed by atoms with van der Waals surface area (Å²) in [5.74, 6) is 0.820. The van der Waals surface area contributed by atoms with E-state index in [0.29, 0.717) is 5.69 Å². The van der Waals surface area contributed by atoms with E-state index in [1.807, 2.05) is 25.4 Å². The molecule has 17 heavy (non-hydrogen) atoms. The number of hydrogen-bond donors (Lipinski definition) is 1. The number of anilines is 1. The van der Waals surface area contributed by atoms with E-state index in [1.54, 1.807) is 0 Å². The van der Waals surface area contributed by atoms with Crippen molar-refractivity contribution < 1.29 is 0 Å². The minimum Gasteiger partial charge on any atom is -0.396 e. The molecule has 0 aromatic carbocycles. The van der Waals surface area contributed by atoms with Gasteiger partial charge in [-0.05, 0) is 44.7 Å². The molecule has 0 atom stereocenters. The van der Waals surface area contributed by atoms with Crippen LogP contribution < -0.4 is 5.73 Å². The summed E-state index contributed by atoms with van der Waals surface area (Å²) in [7, 11) is 0. The molecule has 0 fully saturated rings. The lowest BCUT2D eigenvalue weighted by Gasteiger charge is -2.14. The van der Waals surface area contributed by atoms with Gasteiger partial charge in [0.2, 0.25) is 0 Å². The first kappa shape index (κ1) is 10.3. The van der Waals surface area contributed by atoms with Gasteiger partial charge in [-0.1, -0.05) is 0 Å². The van der Waals surface area contributed by atoms with Crippen LogP contribution in [-0.2, 0) is 12.8 Å². The fourth-order valence-corrected chi connectivity index (χ4v) is 2.40. The van der Waals surface area contributed by atoms with E-state index in [-0.39, 0.29) is 0 Å². The van der Waals surface area contributed by atoms with Gasteiger partial charge in [-0.3, -0.25) is 4.57 Å². The van der Waals surface area contributed by atoms with Gasteiger partial charge in [0.25, 0.3) is 0 Å². The van der Waals surface area contributed by atoms with Crippen LogP contribution in [0.4, 0.5) is 5.69 Å². The lowest BCUT2D eigenvalue weighted by Crippen LogP contribution is -2.10. The SMILES string of the molecule is Cc1ccc(N)c(-n2cnc3c2CCCC3)n1. The summed E-state index contributed by atoms with van der Waals surface area (Å²) in [6, 6.07) is 3.84. The summed E-state index contributed by atoms with van der Waals surface area (Å²) in [5, 5.41) is 0. The van der Waals surface area contributed by atoms with Crippen LogP contribution in [0.1, 0.15) is 29.9 Å². The van der Waals surface area contributed by atoms with Crippen molar-refractivity contribution in [2.24, 2.45) is 0 Å². The number of pyridine rings is 1. The van der Waals surface area contributed by atoms with Crippen LogP contribution in [0.15, 0.2) is 18.5 Å². The zero-order chi connectivity index (χ0) is 11.8. The molecule has 1 aliphatic carbocycles. The van der Waals surface area contributed by atoms with E-state index < -0.39 is 0 Å². The zero-order valence-corrected chi connectivity index (χ0v) is 9.98. The standard InChI is InChI=1S/C13H16N4/c1-9-6-7-10(14)13(16-9)17-8-15-11-4-2-3-5-12(11)17/h6-8H,2-5,14H2,1H3. The predicted octanol–water partition coefficient (Wildman–Crippen LogP) is 2.04. The van der Waals surface area contributed by atoms with Crippen LogP contribution >= 0.6 is 0 Å². The van der Waals surface area contributed by atoms with Crippen LogP contribution in [0.3, 0.4) is 0 Å². The van der Waals surface area contributed by atoms with Gasteiger partial charge in [-0.25, -0.2) is 9.97 Å². The molecule has 2 aromatic heterocycles. The minimum absolute atomic E-state index is 0.710. The maximum absolute atomic E-state index is 6.00. The average molecular weight is 228 g/mol. The molecular formula is C13H16N4. The lowest BCUT2D eigenvalue weighted by atomic mass is 10.0. The van der Waals surface area contributed by atoms with Gasteiger partial charge >= 0.3 is 0 Å². The van der Waals surface area contributed by atoms with Crippen molar-refractivity contribution in [2.75, 3.05) is 5.73 Å². The lowest BCUT2D eigenvalue weighted by molar-refractivity contribution is 0.654. The molecule has 0 radical (unpaired) electrons. The first-order valence-electron chi connectivity index (χ1n) is 6.04. The molecule has 1 aliphatic rings. The Bertz CT molecular complexity index is 557. The molecule has 0 amide bonds. The number of aromatic nitrogens is 3. The minimum atomic E-state index is 0.710. The molecule has 0 unspecified atom stereocenters. The molecule has 0 aliphatic heterocycles. The summed E-state index contributed by atoms with van der Waals surface area (Å²) < 4.78 is 2.05. The Kier molecular flexibility index (Phi) is 2.35. The number of nitrogen functional groups attached to an aromatic ring is 1. The highest BCUT2D eigenvalue weighted by Gasteiger charge is 2.17. The third-order valence-corrected chi connectivity index (χ3v) is 3.30. The second-order valence-electron chi connectivity index (χ2n) is 4.58. The Morgan fingerprint density at radius 3 is 2.94 bits per heavy atom. The summed E-state index contributed by atoms with van der Waals surface area (Å²) in [6.07, 6.45) is 6.47. The van der Waals surface area contributed by atoms with Crippen molar-refractivity contribution in [3.05, 3.63) is 35.5 Å². The molecule has 88 valence electrons. The number of fused-ring (bicyclic) bond motifs is 1. The fourth-order valence-electron chi connectivity index (χ4n) is 2.40. The van der Waals surface area contributed by atoms with E-state index in [1.165, 1.54) is 24.2 Å². The topological polar surface area (TPSA) is 56.7 Å². The molecule has 4 nitrogen and oxygen atoms in total. The van der Waals surface area contributed by atoms with E-state index in [0.717, 1.165) is 24.4 Å². The Morgan fingerprint density at radius 1 is 1.24 bits per heavy atom. The highest BCUT2D eigenvalue weighted by Crippen LogP contribution is 2.24. The predicted molar refractivity (Wildman–Crippen MR) is 67.2 cm³/mol. The smallest absolute Gasteiger partial charge is 0.161 e. The van der Waals surface area contributed by atoms with Gasteiger partial charge in [0.05, 0.1) is 11.4 Å². The summed E-state index contributed by atoms with van der Waals surface area (Å²) in [5.41, 5.74) is 10.2. The third-order valence-electron chi connectivity index (χ3n) is 3.30. The summed E-state index contributed by atoms with van der Waals surface area (Å²) in [6.45, 7) is 1.98. The Morgan fingerprint density at radius 2 is 2.06 bits per heavy atom.